The topological polar surface area (TPSA) is 82.2 Å². The number of carboxylic acids is 1. The fourth-order valence-electron chi connectivity index (χ4n) is 2.05. The molecule has 0 aliphatic heterocycles. The summed E-state index contributed by atoms with van der Waals surface area (Å²) in [4.78, 5) is 25.8. The van der Waals surface area contributed by atoms with Crippen molar-refractivity contribution in [2.45, 2.75) is 20.4 Å². The molecule has 1 aromatic heterocycles. The summed E-state index contributed by atoms with van der Waals surface area (Å²) < 4.78 is 0. The van der Waals surface area contributed by atoms with Crippen LogP contribution in [0.25, 0.3) is 10.9 Å². The number of aromatic amines is 1. The fourth-order valence-corrected chi connectivity index (χ4v) is 2.66. The number of halogens is 2. The highest BCUT2D eigenvalue weighted by Crippen LogP contribution is 2.32. The lowest BCUT2D eigenvalue weighted by molar-refractivity contribution is -0.124. The average molecular weight is 329 g/mol. The Kier molecular flexibility index (Phi) is 4.44. The summed E-state index contributed by atoms with van der Waals surface area (Å²) in [6.45, 7) is 3.60. The van der Waals surface area contributed by atoms with Crippen LogP contribution in [0.15, 0.2) is 12.1 Å². The van der Waals surface area contributed by atoms with Gasteiger partial charge in [0.15, 0.2) is 0 Å². The van der Waals surface area contributed by atoms with Crippen molar-refractivity contribution in [3.63, 3.8) is 0 Å². The molecule has 0 saturated heterocycles. The lowest BCUT2D eigenvalue weighted by Crippen LogP contribution is -2.27. The van der Waals surface area contributed by atoms with Gasteiger partial charge in [0.1, 0.15) is 5.69 Å². The lowest BCUT2D eigenvalue weighted by Gasteiger charge is -2.08. The highest BCUT2D eigenvalue weighted by Gasteiger charge is 2.20. The molecule has 5 nitrogen and oxygen atoms in total. The van der Waals surface area contributed by atoms with Crippen LogP contribution in [0.1, 0.15) is 29.9 Å². The van der Waals surface area contributed by atoms with Crippen molar-refractivity contribution in [2.75, 3.05) is 0 Å². The van der Waals surface area contributed by atoms with Crippen LogP contribution in [0.4, 0.5) is 0 Å². The van der Waals surface area contributed by atoms with Gasteiger partial charge in [-0.1, -0.05) is 37.0 Å². The number of amides is 1. The molecule has 0 aliphatic rings. The van der Waals surface area contributed by atoms with Gasteiger partial charge in [-0.3, -0.25) is 4.79 Å². The molecule has 2 rings (SSSR count). The number of carbonyl (C=O) groups is 2. The van der Waals surface area contributed by atoms with E-state index in [1.807, 2.05) is 0 Å². The first-order chi connectivity index (χ1) is 9.81. The van der Waals surface area contributed by atoms with Gasteiger partial charge in [0, 0.05) is 34.0 Å². The van der Waals surface area contributed by atoms with Crippen molar-refractivity contribution in [3.05, 3.63) is 33.4 Å². The summed E-state index contributed by atoms with van der Waals surface area (Å²) in [5.74, 6) is -1.47. The van der Waals surface area contributed by atoms with Gasteiger partial charge in [0.25, 0.3) is 0 Å². The third-order valence-corrected chi connectivity index (χ3v) is 3.61. The van der Waals surface area contributed by atoms with Gasteiger partial charge in [-0.15, -0.1) is 0 Å². The zero-order valence-corrected chi connectivity index (χ0v) is 13.0. The van der Waals surface area contributed by atoms with Gasteiger partial charge in [0.2, 0.25) is 5.91 Å². The highest BCUT2D eigenvalue weighted by atomic mass is 35.5. The molecule has 2 aromatic rings. The minimum Gasteiger partial charge on any atom is -0.477 e. The van der Waals surface area contributed by atoms with Gasteiger partial charge >= 0.3 is 5.97 Å². The molecule has 0 aliphatic carbocycles. The number of carboxylic acid groups (broad SMARTS) is 1. The third-order valence-electron chi connectivity index (χ3n) is 3.10. The minimum atomic E-state index is -1.12. The zero-order chi connectivity index (χ0) is 15.7. The molecule has 0 radical (unpaired) electrons. The molecule has 1 amide bonds. The standard InChI is InChI=1S/C14H14Cl2N2O3/c1-6(2)13(19)17-5-8-11-9(16)3-7(15)4-10(11)18-12(8)14(20)21/h3-4,6,18H,5H2,1-2H3,(H,17,19)(H,20,21). The van der Waals surface area contributed by atoms with E-state index in [0.717, 1.165) is 0 Å². The molecule has 0 spiro atoms. The Balaban J connectivity index is 2.51. The molecule has 21 heavy (non-hydrogen) atoms. The molecule has 1 heterocycles. The Bertz CT molecular complexity index is 723. The number of fused-ring (bicyclic) bond motifs is 1. The molecule has 0 bridgehead atoms. The van der Waals surface area contributed by atoms with E-state index in [4.69, 9.17) is 23.2 Å². The van der Waals surface area contributed by atoms with E-state index in [9.17, 15) is 14.7 Å². The molecular formula is C14H14Cl2N2O3. The van der Waals surface area contributed by atoms with Crippen molar-refractivity contribution in [3.8, 4) is 0 Å². The predicted molar refractivity (Wildman–Crippen MR) is 82.0 cm³/mol. The summed E-state index contributed by atoms with van der Waals surface area (Å²) in [6.07, 6.45) is 0. The van der Waals surface area contributed by atoms with Crippen molar-refractivity contribution in [2.24, 2.45) is 5.92 Å². The minimum absolute atomic E-state index is 0.00165. The maximum absolute atomic E-state index is 11.7. The van der Waals surface area contributed by atoms with Crippen LogP contribution in [-0.2, 0) is 11.3 Å². The molecule has 7 heteroatoms. The number of aromatic nitrogens is 1. The summed E-state index contributed by atoms with van der Waals surface area (Å²) >= 11 is 12.1. The van der Waals surface area contributed by atoms with E-state index in [1.54, 1.807) is 26.0 Å². The van der Waals surface area contributed by atoms with E-state index in [-0.39, 0.29) is 24.1 Å². The number of aromatic carboxylic acids is 1. The number of H-pyrrole nitrogens is 1. The second-order valence-corrected chi connectivity index (χ2v) is 5.81. The summed E-state index contributed by atoms with van der Waals surface area (Å²) in [5, 5.41) is 13.3. The normalized spacial score (nSPS) is 11.1. The van der Waals surface area contributed by atoms with Gasteiger partial charge < -0.3 is 15.4 Å². The van der Waals surface area contributed by atoms with Crippen LogP contribution in [0.5, 0.6) is 0 Å². The zero-order valence-electron chi connectivity index (χ0n) is 11.5. The molecule has 0 unspecified atom stereocenters. The predicted octanol–water partition coefficient (Wildman–Crippen LogP) is 3.45. The Labute approximate surface area is 131 Å². The van der Waals surface area contributed by atoms with E-state index in [0.29, 0.717) is 26.5 Å². The van der Waals surface area contributed by atoms with Crippen LogP contribution in [-0.4, -0.2) is 22.0 Å². The Morgan fingerprint density at radius 1 is 1.33 bits per heavy atom. The van der Waals surface area contributed by atoms with Gasteiger partial charge in [-0.25, -0.2) is 4.79 Å². The maximum atomic E-state index is 11.7. The number of hydrogen-bond donors (Lipinski definition) is 3. The van der Waals surface area contributed by atoms with E-state index in [1.165, 1.54) is 0 Å². The van der Waals surface area contributed by atoms with Crippen LogP contribution >= 0.6 is 23.2 Å². The Hall–Kier alpha value is -1.72. The largest absolute Gasteiger partial charge is 0.477 e. The van der Waals surface area contributed by atoms with Crippen molar-refractivity contribution in [1.82, 2.24) is 10.3 Å². The SMILES string of the molecule is CC(C)C(=O)NCc1c(C(=O)O)[nH]c2cc(Cl)cc(Cl)c12. The smallest absolute Gasteiger partial charge is 0.352 e. The van der Waals surface area contributed by atoms with Crippen LogP contribution in [0, 0.1) is 5.92 Å². The molecule has 0 atom stereocenters. The van der Waals surface area contributed by atoms with Gasteiger partial charge in [-0.2, -0.15) is 0 Å². The number of carbonyl (C=O) groups excluding carboxylic acids is 1. The van der Waals surface area contributed by atoms with Crippen molar-refractivity contribution < 1.29 is 14.7 Å². The second-order valence-electron chi connectivity index (χ2n) is 4.97. The molecule has 1 aromatic carbocycles. The highest BCUT2D eigenvalue weighted by molar-refractivity contribution is 6.39. The summed E-state index contributed by atoms with van der Waals surface area (Å²) in [7, 11) is 0. The monoisotopic (exact) mass is 328 g/mol. The van der Waals surface area contributed by atoms with E-state index >= 15 is 0 Å². The quantitative estimate of drug-likeness (QED) is 0.803. The molecule has 0 fully saturated rings. The molecule has 0 saturated carbocycles. The lowest BCUT2D eigenvalue weighted by atomic mass is 10.1. The first-order valence-corrected chi connectivity index (χ1v) is 7.07. The van der Waals surface area contributed by atoms with Crippen LogP contribution < -0.4 is 5.32 Å². The Morgan fingerprint density at radius 2 is 2.00 bits per heavy atom. The van der Waals surface area contributed by atoms with Crippen molar-refractivity contribution >= 4 is 46.0 Å². The Morgan fingerprint density at radius 3 is 2.57 bits per heavy atom. The van der Waals surface area contributed by atoms with E-state index < -0.39 is 5.97 Å². The summed E-state index contributed by atoms with van der Waals surface area (Å²) in [6, 6.07) is 3.14. The third kappa shape index (κ3) is 3.14. The first-order valence-electron chi connectivity index (χ1n) is 6.32. The number of benzene rings is 1. The number of rotatable bonds is 4. The first kappa shape index (κ1) is 15.7. The molecular weight excluding hydrogens is 315 g/mol. The van der Waals surface area contributed by atoms with Crippen molar-refractivity contribution in [1.29, 1.82) is 0 Å². The molecule has 3 N–H and O–H groups in total. The van der Waals surface area contributed by atoms with Crippen LogP contribution in [0.3, 0.4) is 0 Å². The second kappa shape index (κ2) is 5.95. The summed E-state index contributed by atoms with van der Waals surface area (Å²) in [5.41, 5.74) is 0.963. The fraction of sp³-hybridized carbons (Fsp3) is 0.286. The number of hydrogen-bond acceptors (Lipinski definition) is 2. The van der Waals surface area contributed by atoms with Gasteiger partial charge in [0.05, 0.1) is 5.02 Å². The van der Waals surface area contributed by atoms with E-state index in [2.05, 4.69) is 10.3 Å². The average Bonchev–Trinajstić information content (AvgIpc) is 2.74. The number of nitrogens with one attached hydrogen (secondary N) is 2. The maximum Gasteiger partial charge on any atom is 0.352 e. The van der Waals surface area contributed by atoms with Crippen LogP contribution in [0.2, 0.25) is 10.0 Å². The van der Waals surface area contributed by atoms with Gasteiger partial charge in [-0.05, 0) is 12.1 Å². The molecule has 112 valence electrons.